The second kappa shape index (κ2) is 5.86. The zero-order valence-corrected chi connectivity index (χ0v) is 9.88. The largest absolute Gasteiger partial charge is 0.479 e. The lowest BCUT2D eigenvalue weighted by Crippen LogP contribution is -2.10. The van der Waals surface area contributed by atoms with Crippen molar-refractivity contribution < 1.29 is 23.8 Å². The number of hydrogen-bond acceptors (Lipinski definition) is 3. The summed E-state index contributed by atoms with van der Waals surface area (Å²) in [4.78, 5) is 10.5. The molecule has 0 spiro atoms. The van der Waals surface area contributed by atoms with E-state index in [1.54, 1.807) is 30.3 Å². The molecule has 2 aromatic carbocycles. The number of carbonyl (C=O) groups is 1. The molecule has 0 fully saturated rings. The van der Waals surface area contributed by atoms with Gasteiger partial charge in [0.15, 0.2) is 18.2 Å². The van der Waals surface area contributed by atoms with Crippen LogP contribution in [0.5, 0.6) is 17.2 Å². The molecule has 0 atom stereocenters. The van der Waals surface area contributed by atoms with E-state index in [4.69, 9.17) is 14.6 Å². The summed E-state index contributed by atoms with van der Waals surface area (Å²) in [6, 6.07) is 12.7. The van der Waals surface area contributed by atoms with Gasteiger partial charge in [-0.25, -0.2) is 9.18 Å². The Labute approximate surface area is 109 Å². The maximum absolute atomic E-state index is 13.7. The molecule has 0 aliphatic heterocycles. The normalized spacial score (nSPS) is 9.95. The van der Waals surface area contributed by atoms with Gasteiger partial charge in [-0.05, 0) is 24.3 Å². The summed E-state index contributed by atoms with van der Waals surface area (Å²) in [5.74, 6) is -1.41. The molecule has 0 radical (unpaired) electrons. The van der Waals surface area contributed by atoms with Crippen LogP contribution in [-0.4, -0.2) is 17.7 Å². The standard InChI is InChI=1S/C14H11FO4/c15-11-7-4-8-12(18-9-13(16)17)14(11)19-10-5-2-1-3-6-10/h1-8H,9H2,(H,16,17). The molecule has 19 heavy (non-hydrogen) atoms. The minimum Gasteiger partial charge on any atom is -0.479 e. The Morgan fingerprint density at radius 2 is 1.84 bits per heavy atom. The molecule has 0 aliphatic rings. The van der Waals surface area contributed by atoms with Gasteiger partial charge in [-0.1, -0.05) is 24.3 Å². The van der Waals surface area contributed by atoms with Crippen LogP contribution in [0.4, 0.5) is 4.39 Å². The van der Waals surface area contributed by atoms with Gasteiger partial charge in [-0.15, -0.1) is 0 Å². The third-order valence-electron chi connectivity index (χ3n) is 2.25. The first kappa shape index (κ1) is 12.9. The fraction of sp³-hybridized carbons (Fsp3) is 0.0714. The molecule has 0 amide bonds. The molecule has 98 valence electrons. The first-order valence-corrected chi connectivity index (χ1v) is 5.53. The van der Waals surface area contributed by atoms with E-state index in [2.05, 4.69) is 0 Å². The summed E-state index contributed by atoms with van der Waals surface area (Å²) in [6.45, 7) is -0.561. The number of rotatable bonds is 5. The van der Waals surface area contributed by atoms with Gasteiger partial charge in [-0.2, -0.15) is 0 Å². The zero-order chi connectivity index (χ0) is 13.7. The SMILES string of the molecule is O=C(O)COc1cccc(F)c1Oc1ccccc1. The van der Waals surface area contributed by atoms with Crippen molar-refractivity contribution in [3.8, 4) is 17.2 Å². The molecule has 0 unspecified atom stereocenters. The predicted molar refractivity (Wildman–Crippen MR) is 66.0 cm³/mol. The average molecular weight is 262 g/mol. The lowest BCUT2D eigenvalue weighted by Gasteiger charge is -2.11. The maximum Gasteiger partial charge on any atom is 0.341 e. The number of carboxylic acid groups (broad SMARTS) is 1. The summed E-state index contributed by atoms with van der Waals surface area (Å²) in [5.41, 5.74) is 0. The van der Waals surface area contributed by atoms with E-state index in [0.717, 1.165) is 0 Å². The van der Waals surface area contributed by atoms with E-state index in [0.29, 0.717) is 5.75 Å². The van der Waals surface area contributed by atoms with E-state index in [1.807, 2.05) is 0 Å². The fourth-order valence-electron chi connectivity index (χ4n) is 1.45. The second-order valence-corrected chi connectivity index (χ2v) is 3.66. The number of hydrogen-bond donors (Lipinski definition) is 1. The van der Waals surface area contributed by atoms with Crippen LogP contribution in [0.15, 0.2) is 48.5 Å². The van der Waals surface area contributed by atoms with Crippen LogP contribution >= 0.6 is 0 Å². The Bertz CT molecular complexity index is 569. The van der Waals surface area contributed by atoms with E-state index in [9.17, 15) is 9.18 Å². The molecule has 0 aliphatic carbocycles. The van der Waals surface area contributed by atoms with Crippen molar-refractivity contribution in [1.82, 2.24) is 0 Å². The monoisotopic (exact) mass is 262 g/mol. The van der Waals surface area contributed by atoms with Gasteiger partial charge >= 0.3 is 5.97 Å². The van der Waals surface area contributed by atoms with Gasteiger partial charge in [0.25, 0.3) is 0 Å². The van der Waals surface area contributed by atoms with Crippen LogP contribution in [0.25, 0.3) is 0 Å². The first-order chi connectivity index (χ1) is 9.16. The Kier molecular flexibility index (Phi) is 3.97. The van der Waals surface area contributed by atoms with Crippen molar-refractivity contribution in [2.24, 2.45) is 0 Å². The van der Waals surface area contributed by atoms with Gasteiger partial charge in [0, 0.05) is 0 Å². The van der Waals surface area contributed by atoms with Crippen molar-refractivity contribution in [3.63, 3.8) is 0 Å². The molecule has 0 saturated carbocycles. The smallest absolute Gasteiger partial charge is 0.341 e. The van der Waals surface area contributed by atoms with Crippen LogP contribution in [-0.2, 0) is 4.79 Å². The number of halogens is 1. The molecule has 2 aromatic rings. The maximum atomic E-state index is 13.7. The minimum atomic E-state index is -1.14. The van der Waals surface area contributed by atoms with Crippen molar-refractivity contribution >= 4 is 5.97 Å². The Morgan fingerprint density at radius 1 is 1.11 bits per heavy atom. The van der Waals surface area contributed by atoms with Gasteiger partial charge < -0.3 is 14.6 Å². The quantitative estimate of drug-likeness (QED) is 0.899. The van der Waals surface area contributed by atoms with Crippen LogP contribution in [0.3, 0.4) is 0 Å². The lowest BCUT2D eigenvalue weighted by molar-refractivity contribution is -0.139. The Morgan fingerprint density at radius 3 is 2.53 bits per heavy atom. The van der Waals surface area contributed by atoms with Crippen LogP contribution in [0, 0.1) is 5.82 Å². The third kappa shape index (κ3) is 3.45. The molecule has 0 heterocycles. The highest BCUT2D eigenvalue weighted by Crippen LogP contribution is 2.33. The molecular formula is C14H11FO4. The summed E-state index contributed by atoms with van der Waals surface area (Å²) in [6.07, 6.45) is 0. The minimum absolute atomic E-state index is 0.0475. The summed E-state index contributed by atoms with van der Waals surface area (Å²) < 4.78 is 24.1. The van der Waals surface area contributed by atoms with Crippen LogP contribution in [0.1, 0.15) is 0 Å². The Balaban J connectivity index is 2.25. The van der Waals surface area contributed by atoms with Gasteiger partial charge in [0.1, 0.15) is 5.75 Å². The van der Waals surface area contributed by atoms with E-state index in [-0.39, 0.29) is 11.5 Å². The average Bonchev–Trinajstić information content (AvgIpc) is 2.40. The van der Waals surface area contributed by atoms with Crippen molar-refractivity contribution in [1.29, 1.82) is 0 Å². The number of ether oxygens (including phenoxy) is 2. The number of benzene rings is 2. The van der Waals surface area contributed by atoms with Crippen molar-refractivity contribution in [3.05, 3.63) is 54.3 Å². The summed E-state index contributed by atoms with van der Waals surface area (Å²) in [5, 5.41) is 8.57. The third-order valence-corrected chi connectivity index (χ3v) is 2.25. The molecular weight excluding hydrogens is 251 g/mol. The summed E-state index contributed by atoms with van der Waals surface area (Å²) >= 11 is 0. The lowest BCUT2D eigenvalue weighted by atomic mass is 10.3. The van der Waals surface area contributed by atoms with E-state index in [1.165, 1.54) is 18.2 Å². The molecule has 2 rings (SSSR count). The highest BCUT2D eigenvalue weighted by atomic mass is 19.1. The number of aliphatic carboxylic acids is 1. The van der Waals surface area contributed by atoms with Crippen molar-refractivity contribution in [2.45, 2.75) is 0 Å². The van der Waals surface area contributed by atoms with Gasteiger partial charge in [0.2, 0.25) is 5.75 Å². The molecule has 5 heteroatoms. The van der Waals surface area contributed by atoms with E-state index >= 15 is 0 Å². The molecule has 0 bridgehead atoms. The predicted octanol–water partition coefficient (Wildman–Crippen LogP) is 3.08. The first-order valence-electron chi connectivity index (χ1n) is 5.53. The highest BCUT2D eigenvalue weighted by molar-refractivity contribution is 5.68. The second-order valence-electron chi connectivity index (χ2n) is 3.66. The van der Waals surface area contributed by atoms with Gasteiger partial charge in [0.05, 0.1) is 0 Å². The summed E-state index contributed by atoms with van der Waals surface area (Å²) in [7, 11) is 0. The fourth-order valence-corrected chi connectivity index (χ4v) is 1.45. The topological polar surface area (TPSA) is 55.8 Å². The molecule has 1 N–H and O–H groups in total. The number of carboxylic acids is 1. The zero-order valence-electron chi connectivity index (χ0n) is 9.88. The molecule has 4 nitrogen and oxygen atoms in total. The molecule has 0 saturated heterocycles. The van der Waals surface area contributed by atoms with E-state index < -0.39 is 18.4 Å². The highest BCUT2D eigenvalue weighted by Gasteiger charge is 2.13. The van der Waals surface area contributed by atoms with Crippen LogP contribution in [0.2, 0.25) is 0 Å². The van der Waals surface area contributed by atoms with Gasteiger partial charge in [-0.3, -0.25) is 0 Å². The molecule has 0 aromatic heterocycles. The number of para-hydroxylation sites is 2. The van der Waals surface area contributed by atoms with Crippen molar-refractivity contribution in [2.75, 3.05) is 6.61 Å². The van der Waals surface area contributed by atoms with Crippen LogP contribution < -0.4 is 9.47 Å². The Hall–Kier alpha value is -2.56.